The summed E-state index contributed by atoms with van der Waals surface area (Å²) in [6.07, 6.45) is 4.15. The van der Waals surface area contributed by atoms with Gasteiger partial charge in [-0.1, -0.05) is 6.92 Å². The first kappa shape index (κ1) is 11.0. The van der Waals surface area contributed by atoms with Crippen LogP contribution >= 0.6 is 0 Å². The summed E-state index contributed by atoms with van der Waals surface area (Å²) in [5.41, 5.74) is 0. The Morgan fingerprint density at radius 1 is 1.38 bits per heavy atom. The van der Waals surface area contributed by atoms with E-state index >= 15 is 0 Å². The molecule has 1 aliphatic heterocycles. The minimum absolute atomic E-state index is 0.707. The van der Waals surface area contributed by atoms with Gasteiger partial charge in [0.25, 0.3) is 0 Å². The van der Waals surface area contributed by atoms with Crippen LogP contribution in [0.3, 0.4) is 0 Å². The molecule has 1 saturated heterocycles. The molecule has 1 aliphatic rings. The fourth-order valence-electron chi connectivity index (χ4n) is 2.23. The summed E-state index contributed by atoms with van der Waals surface area (Å²) in [4.78, 5) is 2.44. The largest absolute Gasteiger partial charge is 0.315 e. The third-order valence-electron chi connectivity index (χ3n) is 3.08. The molecule has 0 aromatic heterocycles. The van der Waals surface area contributed by atoms with Crippen molar-refractivity contribution in [1.82, 2.24) is 10.2 Å². The van der Waals surface area contributed by atoms with Gasteiger partial charge in [-0.25, -0.2) is 0 Å². The standard InChI is InChI=1S/C11H24N2/c1-4-12-10(2)9-11-5-7-13(3)8-6-11/h10-12H,4-9H2,1-3H3. The molecule has 1 fully saturated rings. The molecule has 1 atom stereocenters. The van der Waals surface area contributed by atoms with E-state index in [1.54, 1.807) is 0 Å². The SMILES string of the molecule is CCNC(C)CC1CCN(C)CC1. The molecule has 13 heavy (non-hydrogen) atoms. The Morgan fingerprint density at radius 2 is 2.00 bits per heavy atom. The van der Waals surface area contributed by atoms with Gasteiger partial charge < -0.3 is 10.2 Å². The van der Waals surface area contributed by atoms with Crippen molar-refractivity contribution in [2.45, 2.75) is 39.2 Å². The van der Waals surface area contributed by atoms with Gasteiger partial charge in [0.15, 0.2) is 0 Å². The normalized spacial score (nSPS) is 23.3. The Kier molecular flexibility index (Phi) is 4.74. The third kappa shape index (κ3) is 4.10. The topological polar surface area (TPSA) is 15.3 Å². The lowest BCUT2D eigenvalue weighted by atomic mass is 9.91. The van der Waals surface area contributed by atoms with E-state index in [0.29, 0.717) is 6.04 Å². The average Bonchev–Trinajstić information content (AvgIpc) is 2.09. The number of hydrogen-bond acceptors (Lipinski definition) is 2. The Bertz CT molecular complexity index is 128. The Balaban J connectivity index is 2.14. The molecule has 0 saturated carbocycles. The van der Waals surface area contributed by atoms with E-state index in [1.807, 2.05) is 0 Å². The summed E-state index contributed by atoms with van der Waals surface area (Å²) in [5.74, 6) is 0.963. The lowest BCUT2D eigenvalue weighted by Gasteiger charge is -2.30. The molecule has 2 nitrogen and oxygen atoms in total. The van der Waals surface area contributed by atoms with Gasteiger partial charge in [0.1, 0.15) is 0 Å². The minimum Gasteiger partial charge on any atom is -0.315 e. The van der Waals surface area contributed by atoms with Crippen LogP contribution in [-0.2, 0) is 0 Å². The maximum absolute atomic E-state index is 3.49. The molecule has 0 aromatic rings. The van der Waals surface area contributed by atoms with Crippen molar-refractivity contribution in [2.24, 2.45) is 5.92 Å². The van der Waals surface area contributed by atoms with Gasteiger partial charge in [-0.05, 0) is 58.8 Å². The third-order valence-corrected chi connectivity index (χ3v) is 3.08. The van der Waals surface area contributed by atoms with Gasteiger partial charge in [-0.2, -0.15) is 0 Å². The van der Waals surface area contributed by atoms with Crippen LogP contribution in [0.5, 0.6) is 0 Å². The molecule has 78 valence electrons. The number of rotatable bonds is 4. The summed E-state index contributed by atoms with van der Waals surface area (Å²) in [6.45, 7) is 8.19. The Labute approximate surface area is 82.7 Å². The molecule has 1 N–H and O–H groups in total. The highest BCUT2D eigenvalue weighted by Gasteiger charge is 2.18. The van der Waals surface area contributed by atoms with E-state index in [2.05, 4.69) is 31.1 Å². The molecule has 0 bridgehead atoms. The Hall–Kier alpha value is -0.0800. The number of hydrogen-bond donors (Lipinski definition) is 1. The van der Waals surface area contributed by atoms with Crippen LogP contribution in [0.15, 0.2) is 0 Å². The fourth-order valence-corrected chi connectivity index (χ4v) is 2.23. The van der Waals surface area contributed by atoms with Crippen LogP contribution in [0.4, 0.5) is 0 Å². The van der Waals surface area contributed by atoms with E-state index in [0.717, 1.165) is 12.5 Å². The molecule has 0 amide bonds. The van der Waals surface area contributed by atoms with Crippen molar-refractivity contribution in [1.29, 1.82) is 0 Å². The van der Waals surface area contributed by atoms with Gasteiger partial charge >= 0.3 is 0 Å². The van der Waals surface area contributed by atoms with Crippen LogP contribution < -0.4 is 5.32 Å². The van der Waals surface area contributed by atoms with Crippen molar-refractivity contribution in [3.63, 3.8) is 0 Å². The highest BCUT2D eigenvalue weighted by Crippen LogP contribution is 2.20. The lowest BCUT2D eigenvalue weighted by molar-refractivity contribution is 0.203. The molecular weight excluding hydrogens is 160 g/mol. The van der Waals surface area contributed by atoms with E-state index in [-0.39, 0.29) is 0 Å². The zero-order valence-electron chi connectivity index (χ0n) is 9.34. The van der Waals surface area contributed by atoms with Gasteiger partial charge in [-0.15, -0.1) is 0 Å². The predicted octanol–water partition coefficient (Wildman–Crippen LogP) is 1.72. The first-order chi connectivity index (χ1) is 6.22. The first-order valence-corrected chi connectivity index (χ1v) is 5.64. The van der Waals surface area contributed by atoms with Crippen LogP contribution in [0, 0.1) is 5.92 Å². The van der Waals surface area contributed by atoms with E-state index < -0.39 is 0 Å². The van der Waals surface area contributed by atoms with E-state index in [1.165, 1.54) is 32.4 Å². The summed E-state index contributed by atoms with van der Waals surface area (Å²) >= 11 is 0. The molecule has 1 unspecified atom stereocenters. The number of nitrogens with zero attached hydrogens (tertiary/aromatic N) is 1. The maximum Gasteiger partial charge on any atom is 0.00412 e. The van der Waals surface area contributed by atoms with Crippen molar-refractivity contribution in [3.05, 3.63) is 0 Å². The summed E-state index contributed by atoms with van der Waals surface area (Å²) in [6, 6.07) is 0.707. The second-order valence-corrected chi connectivity index (χ2v) is 4.44. The van der Waals surface area contributed by atoms with Crippen LogP contribution in [0.1, 0.15) is 33.1 Å². The second-order valence-electron chi connectivity index (χ2n) is 4.44. The van der Waals surface area contributed by atoms with Gasteiger partial charge in [0.05, 0.1) is 0 Å². The van der Waals surface area contributed by atoms with Gasteiger partial charge in [-0.3, -0.25) is 0 Å². The molecule has 1 rings (SSSR count). The summed E-state index contributed by atoms with van der Waals surface area (Å²) in [7, 11) is 2.23. The molecule has 0 aliphatic carbocycles. The zero-order valence-corrected chi connectivity index (χ0v) is 9.34. The number of piperidine rings is 1. The minimum atomic E-state index is 0.707. The predicted molar refractivity (Wildman–Crippen MR) is 58.0 cm³/mol. The average molecular weight is 184 g/mol. The van der Waals surface area contributed by atoms with Crippen molar-refractivity contribution < 1.29 is 0 Å². The number of likely N-dealkylation sites (tertiary alicyclic amines) is 1. The molecule has 0 radical (unpaired) electrons. The highest BCUT2D eigenvalue weighted by molar-refractivity contribution is 4.73. The highest BCUT2D eigenvalue weighted by atomic mass is 15.1. The van der Waals surface area contributed by atoms with Crippen LogP contribution in [0.2, 0.25) is 0 Å². The molecule has 2 heteroatoms. The fraction of sp³-hybridized carbons (Fsp3) is 1.00. The maximum atomic E-state index is 3.49. The van der Waals surface area contributed by atoms with E-state index in [4.69, 9.17) is 0 Å². The van der Waals surface area contributed by atoms with Crippen molar-refractivity contribution in [3.8, 4) is 0 Å². The molecule has 0 aromatic carbocycles. The number of nitrogens with one attached hydrogen (secondary N) is 1. The molecular formula is C11H24N2. The Morgan fingerprint density at radius 3 is 2.54 bits per heavy atom. The van der Waals surface area contributed by atoms with Crippen LogP contribution in [-0.4, -0.2) is 37.6 Å². The summed E-state index contributed by atoms with van der Waals surface area (Å²) < 4.78 is 0. The zero-order chi connectivity index (χ0) is 9.68. The molecule has 1 heterocycles. The second kappa shape index (κ2) is 5.61. The van der Waals surface area contributed by atoms with Crippen LogP contribution in [0.25, 0.3) is 0 Å². The van der Waals surface area contributed by atoms with Gasteiger partial charge in [0, 0.05) is 6.04 Å². The van der Waals surface area contributed by atoms with Gasteiger partial charge in [0.2, 0.25) is 0 Å². The first-order valence-electron chi connectivity index (χ1n) is 5.64. The smallest absolute Gasteiger partial charge is 0.00412 e. The van der Waals surface area contributed by atoms with Crippen molar-refractivity contribution in [2.75, 3.05) is 26.7 Å². The summed E-state index contributed by atoms with van der Waals surface area (Å²) in [5, 5.41) is 3.49. The quantitative estimate of drug-likeness (QED) is 0.715. The monoisotopic (exact) mass is 184 g/mol. The molecule has 0 spiro atoms. The van der Waals surface area contributed by atoms with E-state index in [9.17, 15) is 0 Å². The van der Waals surface area contributed by atoms with Crippen molar-refractivity contribution >= 4 is 0 Å². The lowest BCUT2D eigenvalue weighted by Crippen LogP contribution is -2.34.